The Morgan fingerprint density at radius 2 is 1.94 bits per heavy atom. The summed E-state index contributed by atoms with van der Waals surface area (Å²) in [6.45, 7) is 2.42. The van der Waals surface area contributed by atoms with Crippen LogP contribution in [0.5, 0.6) is 0 Å². The molecule has 0 spiro atoms. The van der Waals surface area contributed by atoms with Gasteiger partial charge in [-0.25, -0.2) is 4.79 Å². The quantitative estimate of drug-likeness (QED) is 0.361. The molecule has 4 fully saturated rings. The van der Waals surface area contributed by atoms with Crippen LogP contribution in [0.15, 0.2) is 11.6 Å². The Kier molecular flexibility index (Phi) is 5.50. The molecule has 4 aliphatic carbocycles. The monoisotopic (exact) mass is 480 g/mol. The van der Waals surface area contributed by atoms with Gasteiger partial charge < -0.3 is 24.5 Å². The number of fused-ring (bicyclic) bond motifs is 5. The molecule has 0 amide bonds. The lowest BCUT2D eigenvalue weighted by Crippen LogP contribution is -2.69. The van der Waals surface area contributed by atoms with Gasteiger partial charge in [0.25, 0.3) is 0 Å². The van der Waals surface area contributed by atoms with E-state index in [1.807, 2.05) is 0 Å². The van der Waals surface area contributed by atoms with Gasteiger partial charge in [-0.1, -0.05) is 6.92 Å². The number of esters is 2. The molecule has 0 aromatic heterocycles. The van der Waals surface area contributed by atoms with Crippen LogP contribution >= 0.6 is 11.6 Å². The third-order valence-electron chi connectivity index (χ3n) is 10.2. The van der Waals surface area contributed by atoms with Gasteiger partial charge in [-0.3, -0.25) is 4.79 Å². The topological polar surface area (TPSA) is 110 Å². The summed E-state index contributed by atoms with van der Waals surface area (Å²) in [5.41, 5.74) is -2.62. The lowest BCUT2D eigenvalue weighted by atomic mass is 9.41. The van der Waals surface area contributed by atoms with Crippen LogP contribution in [-0.4, -0.2) is 58.2 Å². The van der Waals surface area contributed by atoms with E-state index in [0.29, 0.717) is 38.7 Å². The molecule has 3 unspecified atom stereocenters. The summed E-state index contributed by atoms with van der Waals surface area (Å²) >= 11 is 5.58. The maximum Gasteiger partial charge on any atom is 0.331 e. The molecule has 182 valence electrons. The molecule has 4 saturated carbocycles. The van der Waals surface area contributed by atoms with Crippen LogP contribution < -0.4 is 0 Å². The zero-order chi connectivity index (χ0) is 23.6. The molecule has 0 bridgehead atoms. The maximum absolute atomic E-state index is 12.7. The minimum absolute atomic E-state index is 0.0774. The second kappa shape index (κ2) is 7.79. The van der Waals surface area contributed by atoms with Crippen molar-refractivity contribution in [3.8, 4) is 0 Å². The fourth-order valence-corrected chi connectivity index (χ4v) is 8.70. The first-order valence-electron chi connectivity index (χ1n) is 12.2. The zero-order valence-corrected chi connectivity index (χ0v) is 19.8. The van der Waals surface area contributed by atoms with Gasteiger partial charge in [-0.2, -0.15) is 0 Å². The van der Waals surface area contributed by atoms with E-state index in [1.54, 1.807) is 6.08 Å². The number of hydrogen-bond donors (Lipinski definition) is 2. The number of carbonyl (C=O) groups excluding carboxylic acids is 3. The first kappa shape index (κ1) is 23.3. The molecule has 0 aromatic rings. The number of rotatable bonds is 4. The standard InChI is InChI=1S/C25H33ClO7/c1-22-6-3-18-19(25(22,31)9-5-17(22)15-10-20(28)32-13-15)4-8-24(30)11-16(33-21(29)12-26)2-7-23(18,24)14-27/h10,14,16-19,30-31H,2-9,11-13H2,1H3/t16-,17?,18?,19?,22+,23-,24-,25-/m0/s1. The molecule has 5 rings (SSSR count). The largest absolute Gasteiger partial charge is 0.461 e. The molecule has 33 heavy (non-hydrogen) atoms. The summed E-state index contributed by atoms with van der Waals surface area (Å²) in [5, 5.41) is 24.0. The summed E-state index contributed by atoms with van der Waals surface area (Å²) in [7, 11) is 0. The van der Waals surface area contributed by atoms with Crippen LogP contribution in [0.1, 0.15) is 64.7 Å². The Balaban J connectivity index is 1.44. The van der Waals surface area contributed by atoms with Crippen LogP contribution in [0.2, 0.25) is 0 Å². The number of aliphatic hydroxyl groups is 2. The Morgan fingerprint density at radius 3 is 2.61 bits per heavy atom. The summed E-state index contributed by atoms with van der Waals surface area (Å²) in [4.78, 5) is 36.1. The Bertz CT molecular complexity index is 903. The molecule has 8 atom stereocenters. The highest BCUT2D eigenvalue weighted by atomic mass is 35.5. The number of hydrogen-bond acceptors (Lipinski definition) is 7. The van der Waals surface area contributed by atoms with E-state index in [0.717, 1.165) is 31.1 Å². The minimum atomic E-state index is -1.26. The third-order valence-corrected chi connectivity index (χ3v) is 10.5. The molecule has 1 aliphatic heterocycles. The van der Waals surface area contributed by atoms with Crippen molar-refractivity contribution in [3.05, 3.63) is 11.6 Å². The number of halogens is 1. The van der Waals surface area contributed by atoms with Crippen molar-refractivity contribution in [3.63, 3.8) is 0 Å². The van der Waals surface area contributed by atoms with Gasteiger partial charge in [-0.05, 0) is 74.7 Å². The van der Waals surface area contributed by atoms with Crippen LogP contribution in [0, 0.1) is 28.6 Å². The van der Waals surface area contributed by atoms with E-state index in [1.165, 1.54) is 0 Å². The van der Waals surface area contributed by atoms with Crippen molar-refractivity contribution in [1.29, 1.82) is 0 Å². The highest BCUT2D eigenvalue weighted by Gasteiger charge is 2.71. The van der Waals surface area contributed by atoms with E-state index >= 15 is 0 Å². The molecule has 8 heteroatoms. The maximum atomic E-state index is 12.7. The molecular formula is C25H33ClO7. The van der Waals surface area contributed by atoms with Crippen LogP contribution in [0.25, 0.3) is 0 Å². The zero-order valence-electron chi connectivity index (χ0n) is 19.1. The first-order chi connectivity index (χ1) is 15.6. The van der Waals surface area contributed by atoms with Crippen LogP contribution in [-0.2, 0) is 23.9 Å². The minimum Gasteiger partial charge on any atom is -0.461 e. The van der Waals surface area contributed by atoms with Crippen LogP contribution in [0.4, 0.5) is 0 Å². The number of alkyl halides is 1. The summed E-state index contributed by atoms with van der Waals surface area (Å²) in [6.07, 6.45) is 7.07. The van der Waals surface area contributed by atoms with E-state index < -0.39 is 34.1 Å². The summed E-state index contributed by atoms with van der Waals surface area (Å²) in [5.74, 6) is -1.22. The van der Waals surface area contributed by atoms with Crippen molar-refractivity contribution in [1.82, 2.24) is 0 Å². The third kappa shape index (κ3) is 3.11. The van der Waals surface area contributed by atoms with Gasteiger partial charge in [0.2, 0.25) is 0 Å². The highest BCUT2D eigenvalue weighted by Crippen LogP contribution is 2.70. The predicted octanol–water partition coefficient (Wildman–Crippen LogP) is 2.69. The van der Waals surface area contributed by atoms with E-state index in [-0.39, 0.29) is 36.0 Å². The average molecular weight is 481 g/mol. The Labute approximate surface area is 198 Å². The number of aldehydes is 1. The van der Waals surface area contributed by atoms with Crippen molar-refractivity contribution in [2.75, 3.05) is 12.5 Å². The SMILES string of the molecule is C[C@]12CCC3C(CC[C@]4(O)C[C@@H](OC(=O)CCl)CC[C@]34C=O)[C@@]1(O)CCC2C1=CC(=O)OC1. The van der Waals surface area contributed by atoms with Crippen molar-refractivity contribution in [2.45, 2.75) is 82.0 Å². The van der Waals surface area contributed by atoms with Crippen LogP contribution in [0.3, 0.4) is 0 Å². The van der Waals surface area contributed by atoms with Gasteiger partial charge in [-0.15, -0.1) is 11.6 Å². The molecule has 1 heterocycles. The molecule has 0 saturated heterocycles. The lowest BCUT2D eigenvalue weighted by molar-refractivity contribution is -0.249. The average Bonchev–Trinajstić information content (AvgIpc) is 3.33. The normalized spacial score (nSPS) is 48.7. The number of carbonyl (C=O) groups is 3. The Hall–Kier alpha value is -1.44. The fraction of sp³-hybridized carbons (Fsp3) is 0.800. The van der Waals surface area contributed by atoms with Gasteiger partial charge >= 0.3 is 11.9 Å². The summed E-state index contributed by atoms with van der Waals surface area (Å²) in [6, 6.07) is 0. The molecule has 2 N–H and O–H groups in total. The molecule has 5 aliphatic rings. The molecule has 0 radical (unpaired) electrons. The van der Waals surface area contributed by atoms with E-state index in [2.05, 4.69) is 6.92 Å². The molecule has 0 aromatic carbocycles. The fourth-order valence-electron chi connectivity index (χ4n) is 8.64. The van der Waals surface area contributed by atoms with Crippen molar-refractivity contribution < 1.29 is 34.1 Å². The second-order valence-corrected chi connectivity index (χ2v) is 11.5. The van der Waals surface area contributed by atoms with Gasteiger partial charge in [0.1, 0.15) is 24.9 Å². The number of ether oxygens (including phenoxy) is 2. The predicted molar refractivity (Wildman–Crippen MR) is 118 cm³/mol. The Morgan fingerprint density at radius 1 is 1.18 bits per heavy atom. The highest BCUT2D eigenvalue weighted by molar-refractivity contribution is 6.26. The van der Waals surface area contributed by atoms with Crippen molar-refractivity contribution >= 4 is 29.8 Å². The second-order valence-electron chi connectivity index (χ2n) is 11.2. The summed E-state index contributed by atoms with van der Waals surface area (Å²) < 4.78 is 10.6. The smallest absolute Gasteiger partial charge is 0.331 e. The first-order valence-corrected chi connectivity index (χ1v) is 12.7. The van der Waals surface area contributed by atoms with E-state index in [4.69, 9.17) is 21.1 Å². The van der Waals surface area contributed by atoms with Gasteiger partial charge in [0.05, 0.1) is 16.6 Å². The lowest BCUT2D eigenvalue weighted by Gasteiger charge is -2.65. The molecular weight excluding hydrogens is 448 g/mol. The van der Waals surface area contributed by atoms with E-state index in [9.17, 15) is 24.6 Å². The van der Waals surface area contributed by atoms with Gasteiger partial charge in [0, 0.05) is 17.9 Å². The van der Waals surface area contributed by atoms with Crippen molar-refractivity contribution in [2.24, 2.45) is 28.6 Å². The molecule has 7 nitrogen and oxygen atoms in total. The van der Waals surface area contributed by atoms with Gasteiger partial charge in [0.15, 0.2) is 0 Å². The number of cyclic esters (lactones) is 1.